The lowest BCUT2D eigenvalue weighted by molar-refractivity contribution is 0.00486. The minimum atomic E-state index is -0.835. The summed E-state index contributed by atoms with van der Waals surface area (Å²) in [4.78, 5) is 0. The summed E-state index contributed by atoms with van der Waals surface area (Å²) in [6, 6.07) is 14.1. The average molecular weight is 276 g/mol. The maximum atomic E-state index is 13.6. The predicted octanol–water partition coefficient (Wildman–Crippen LogP) is 3.43. The summed E-state index contributed by atoms with van der Waals surface area (Å²) in [7, 11) is 0. The highest BCUT2D eigenvalue weighted by molar-refractivity contribution is 5.29. The molecule has 1 atom stereocenters. The van der Waals surface area contributed by atoms with Crippen LogP contribution in [0.15, 0.2) is 48.5 Å². The molecule has 0 saturated heterocycles. The Bertz CT molecular complexity index is 541. The summed E-state index contributed by atoms with van der Waals surface area (Å²) in [5, 5.41) is 9.33. The molecule has 0 saturated carbocycles. The van der Waals surface area contributed by atoms with E-state index in [2.05, 4.69) is 0 Å². The van der Waals surface area contributed by atoms with E-state index >= 15 is 0 Å². The van der Waals surface area contributed by atoms with Crippen molar-refractivity contribution in [3.05, 3.63) is 65.5 Å². The van der Waals surface area contributed by atoms with Crippen molar-refractivity contribution in [2.24, 2.45) is 0 Å². The number of aliphatic hydroxyl groups excluding tert-OH is 1. The fourth-order valence-corrected chi connectivity index (χ4v) is 1.78. The van der Waals surface area contributed by atoms with Crippen molar-refractivity contribution in [1.29, 1.82) is 0 Å². The van der Waals surface area contributed by atoms with Gasteiger partial charge in [0.05, 0.1) is 12.7 Å². The normalized spacial score (nSPS) is 12.2. The third kappa shape index (κ3) is 4.05. The van der Waals surface area contributed by atoms with Gasteiger partial charge < -0.3 is 14.6 Å². The molecule has 0 fully saturated rings. The number of rotatable bonds is 6. The number of hydrogen-bond acceptors (Lipinski definition) is 3. The van der Waals surface area contributed by atoms with E-state index in [4.69, 9.17) is 9.47 Å². The fourth-order valence-electron chi connectivity index (χ4n) is 1.78. The molecule has 2 aromatic rings. The second-order valence-electron chi connectivity index (χ2n) is 4.46. The smallest absolute Gasteiger partial charge is 0.189 e. The van der Waals surface area contributed by atoms with Crippen LogP contribution < -0.4 is 4.74 Å². The molecule has 0 bridgehead atoms. The monoisotopic (exact) mass is 276 g/mol. The summed E-state index contributed by atoms with van der Waals surface area (Å²) in [6.07, 6.45) is -0.835. The lowest BCUT2D eigenvalue weighted by Crippen LogP contribution is -2.04. The van der Waals surface area contributed by atoms with E-state index in [-0.39, 0.29) is 12.4 Å². The highest BCUT2D eigenvalue weighted by Gasteiger charge is 2.08. The molecule has 1 N–H and O–H groups in total. The second kappa shape index (κ2) is 7.03. The summed E-state index contributed by atoms with van der Waals surface area (Å²) >= 11 is 0. The molecule has 0 amide bonds. The van der Waals surface area contributed by atoms with Gasteiger partial charge in [0.25, 0.3) is 0 Å². The largest absolute Gasteiger partial charge is 0.467 e. The van der Waals surface area contributed by atoms with Gasteiger partial charge in [-0.1, -0.05) is 30.3 Å². The average Bonchev–Trinajstić information content (AvgIpc) is 2.44. The molecule has 4 heteroatoms. The van der Waals surface area contributed by atoms with E-state index in [0.29, 0.717) is 12.4 Å². The van der Waals surface area contributed by atoms with E-state index in [0.717, 1.165) is 5.56 Å². The third-order valence-electron chi connectivity index (χ3n) is 2.84. The first-order valence-electron chi connectivity index (χ1n) is 6.39. The molecule has 0 aliphatic carbocycles. The van der Waals surface area contributed by atoms with Crippen LogP contribution in [0, 0.1) is 5.82 Å². The Morgan fingerprint density at radius 1 is 1.15 bits per heavy atom. The number of aliphatic hydroxyl groups is 1. The van der Waals surface area contributed by atoms with E-state index in [1.54, 1.807) is 6.07 Å². The first-order valence-corrected chi connectivity index (χ1v) is 6.39. The van der Waals surface area contributed by atoms with Crippen LogP contribution in [0.25, 0.3) is 0 Å². The molecule has 0 spiro atoms. The van der Waals surface area contributed by atoms with Crippen molar-refractivity contribution in [3.63, 3.8) is 0 Å². The minimum absolute atomic E-state index is 0.0440. The summed E-state index contributed by atoms with van der Waals surface area (Å²) in [5.41, 5.74) is 1.30. The topological polar surface area (TPSA) is 38.7 Å². The van der Waals surface area contributed by atoms with Gasteiger partial charge in [-0.3, -0.25) is 0 Å². The van der Waals surface area contributed by atoms with Gasteiger partial charge in [0.2, 0.25) is 0 Å². The quantitative estimate of drug-likeness (QED) is 0.649. The van der Waals surface area contributed by atoms with Crippen LogP contribution in [0.3, 0.4) is 0 Å². The Labute approximate surface area is 117 Å². The zero-order valence-corrected chi connectivity index (χ0v) is 11.3. The number of benzene rings is 2. The van der Waals surface area contributed by atoms with Crippen LogP contribution in [0.5, 0.6) is 5.75 Å². The van der Waals surface area contributed by atoms with Crippen LogP contribution in [-0.4, -0.2) is 11.9 Å². The lowest BCUT2D eigenvalue weighted by atomic mass is 10.1. The zero-order chi connectivity index (χ0) is 14.4. The Hall–Kier alpha value is -1.91. The van der Waals surface area contributed by atoms with Crippen molar-refractivity contribution in [1.82, 2.24) is 0 Å². The zero-order valence-electron chi connectivity index (χ0n) is 11.3. The molecule has 2 rings (SSSR count). The maximum absolute atomic E-state index is 13.6. The van der Waals surface area contributed by atoms with E-state index < -0.39 is 11.9 Å². The molecular weight excluding hydrogens is 259 g/mol. The first kappa shape index (κ1) is 14.5. The van der Waals surface area contributed by atoms with Gasteiger partial charge in [0.1, 0.15) is 11.6 Å². The Balaban J connectivity index is 1.81. The van der Waals surface area contributed by atoms with E-state index in [1.165, 1.54) is 19.1 Å². The molecule has 2 aromatic carbocycles. The number of ether oxygens (including phenoxy) is 2. The Morgan fingerprint density at radius 3 is 2.55 bits per heavy atom. The molecule has 0 unspecified atom stereocenters. The minimum Gasteiger partial charge on any atom is -0.467 e. The lowest BCUT2D eigenvalue weighted by Gasteiger charge is -2.10. The third-order valence-corrected chi connectivity index (χ3v) is 2.84. The SMILES string of the molecule is C[C@H](O)c1ccc(OCOCc2ccccc2)cc1F. The molecular formula is C16H17FO3. The van der Waals surface area contributed by atoms with E-state index in [1.807, 2.05) is 30.3 Å². The summed E-state index contributed by atoms with van der Waals surface area (Å²) in [5.74, 6) is -0.111. The Morgan fingerprint density at radius 2 is 1.90 bits per heavy atom. The van der Waals surface area contributed by atoms with E-state index in [9.17, 15) is 9.50 Å². The van der Waals surface area contributed by atoms with Crippen molar-refractivity contribution in [3.8, 4) is 5.75 Å². The van der Waals surface area contributed by atoms with Gasteiger partial charge in [0, 0.05) is 11.6 Å². The predicted molar refractivity (Wildman–Crippen MR) is 73.8 cm³/mol. The van der Waals surface area contributed by atoms with Crippen molar-refractivity contribution < 1.29 is 19.0 Å². The molecule has 3 nitrogen and oxygen atoms in total. The van der Waals surface area contributed by atoms with Crippen molar-refractivity contribution >= 4 is 0 Å². The fraction of sp³-hybridized carbons (Fsp3) is 0.250. The van der Waals surface area contributed by atoms with Crippen LogP contribution in [-0.2, 0) is 11.3 Å². The van der Waals surface area contributed by atoms with Crippen LogP contribution in [0.2, 0.25) is 0 Å². The number of hydrogen-bond donors (Lipinski definition) is 1. The molecule has 0 radical (unpaired) electrons. The van der Waals surface area contributed by atoms with Crippen LogP contribution >= 0.6 is 0 Å². The molecule has 0 aliphatic heterocycles. The van der Waals surface area contributed by atoms with Gasteiger partial charge in [-0.05, 0) is 24.6 Å². The molecule has 0 heterocycles. The van der Waals surface area contributed by atoms with Crippen molar-refractivity contribution in [2.75, 3.05) is 6.79 Å². The highest BCUT2D eigenvalue weighted by atomic mass is 19.1. The molecule has 0 aliphatic rings. The summed E-state index contributed by atoms with van der Waals surface area (Å²) in [6.45, 7) is 2.00. The van der Waals surface area contributed by atoms with Gasteiger partial charge in [-0.25, -0.2) is 4.39 Å². The van der Waals surface area contributed by atoms with Gasteiger partial charge in [-0.15, -0.1) is 0 Å². The molecule has 20 heavy (non-hydrogen) atoms. The highest BCUT2D eigenvalue weighted by Crippen LogP contribution is 2.21. The molecule has 106 valence electrons. The van der Waals surface area contributed by atoms with Crippen LogP contribution in [0.1, 0.15) is 24.2 Å². The summed E-state index contributed by atoms with van der Waals surface area (Å²) < 4.78 is 24.2. The molecule has 0 aromatic heterocycles. The first-order chi connectivity index (χ1) is 9.66. The van der Waals surface area contributed by atoms with Gasteiger partial charge in [-0.2, -0.15) is 0 Å². The number of halogens is 1. The van der Waals surface area contributed by atoms with Gasteiger partial charge >= 0.3 is 0 Å². The maximum Gasteiger partial charge on any atom is 0.189 e. The van der Waals surface area contributed by atoms with Gasteiger partial charge in [0.15, 0.2) is 6.79 Å². The Kier molecular flexibility index (Phi) is 5.09. The van der Waals surface area contributed by atoms with Crippen molar-refractivity contribution in [2.45, 2.75) is 19.6 Å². The standard InChI is InChI=1S/C16H17FO3/c1-12(18)15-8-7-14(9-16(15)17)20-11-19-10-13-5-3-2-4-6-13/h2-9,12,18H,10-11H2,1H3/t12-/m0/s1. The van der Waals surface area contributed by atoms with Crippen LogP contribution in [0.4, 0.5) is 4.39 Å². The second-order valence-corrected chi connectivity index (χ2v) is 4.46.